The van der Waals surface area contributed by atoms with E-state index in [1.807, 2.05) is 31.2 Å². The Labute approximate surface area is 136 Å². The molecule has 0 heterocycles. The molecule has 116 valence electrons. The number of fused-ring (bicyclic) bond motifs is 3. The first-order valence-electron chi connectivity index (χ1n) is 7.67. The van der Waals surface area contributed by atoms with Gasteiger partial charge in [0, 0.05) is 21.9 Å². The molecule has 0 N–H and O–H groups in total. The maximum Gasteiger partial charge on any atom is 0.119 e. The lowest BCUT2D eigenvalue weighted by Crippen LogP contribution is -1.94. The van der Waals surface area contributed by atoms with E-state index in [4.69, 9.17) is 9.47 Å². The van der Waals surface area contributed by atoms with Crippen molar-refractivity contribution in [3.8, 4) is 0 Å². The first-order chi connectivity index (χ1) is 11.2. The lowest BCUT2D eigenvalue weighted by molar-refractivity contribution is 0.299. The lowest BCUT2D eigenvalue weighted by atomic mass is 9.93. The topological polar surface area (TPSA) is 18.5 Å². The molecule has 0 aliphatic rings. The molecule has 23 heavy (non-hydrogen) atoms. The zero-order valence-electron chi connectivity index (χ0n) is 13.6. The smallest absolute Gasteiger partial charge is 0.119 e. The van der Waals surface area contributed by atoms with Gasteiger partial charge in [-0.2, -0.15) is 0 Å². The van der Waals surface area contributed by atoms with Gasteiger partial charge in [0.25, 0.3) is 0 Å². The monoisotopic (exact) mass is 304 g/mol. The highest BCUT2D eigenvalue weighted by molar-refractivity contribution is 6.15. The third-order valence-electron chi connectivity index (χ3n) is 4.05. The van der Waals surface area contributed by atoms with Gasteiger partial charge < -0.3 is 9.47 Å². The summed E-state index contributed by atoms with van der Waals surface area (Å²) in [4.78, 5) is 0. The van der Waals surface area contributed by atoms with Crippen LogP contribution in [0.25, 0.3) is 33.1 Å². The van der Waals surface area contributed by atoms with E-state index in [1.54, 1.807) is 7.11 Å². The third kappa shape index (κ3) is 2.57. The Balaban J connectivity index is 2.45. The summed E-state index contributed by atoms with van der Waals surface area (Å²) < 4.78 is 11.1. The van der Waals surface area contributed by atoms with E-state index < -0.39 is 0 Å². The second kappa shape index (κ2) is 6.17. The SMILES string of the molecule is C=C(OC)c1cccc2ccc3cccc(C(=C)OCC)c3c12. The van der Waals surface area contributed by atoms with Crippen LogP contribution in [0.5, 0.6) is 0 Å². The molecule has 3 aromatic rings. The molecule has 0 aromatic heterocycles. The largest absolute Gasteiger partial charge is 0.497 e. The highest BCUT2D eigenvalue weighted by Crippen LogP contribution is 2.36. The zero-order chi connectivity index (χ0) is 16.4. The minimum Gasteiger partial charge on any atom is -0.497 e. The van der Waals surface area contributed by atoms with Crippen LogP contribution in [0, 0.1) is 0 Å². The van der Waals surface area contributed by atoms with Crippen molar-refractivity contribution in [1.29, 1.82) is 0 Å². The van der Waals surface area contributed by atoms with Gasteiger partial charge in [-0.3, -0.25) is 0 Å². The minimum atomic E-state index is 0.595. The van der Waals surface area contributed by atoms with Crippen molar-refractivity contribution in [2.45, 2.75) is 6.92 Å². The molecule has 2 nitrogen and oxygen atoms in total. The lowest BCUT2D eigenvalue weighted by Gasteiger charge is -2.15. The van der Waals surface area contributed by atoms with Crippen molar-refractivity contribution >= 4 is 33.1 Å². The second-order valence-corrected chi connectivity index (χ2v) is 5.36. The molecular formula is C21H20O2. The number of rotatable bonds is 5. The number of ether oxygens (including phenoxy) is 2. The predicted molar refractivity (Wildman–Crippen MR) is 98.2 cm³/mol. The van der Waals surface area contributed by atoms with E-state index in [9.17, 15) is 0 Å². The second-order valence-electron chi connectivity index (χ2n) is 5.36. The summed E-state index contributed by atoms with van der Waals surface area (Å²) in [7, 11) is 1.65. The van der Waals surface area contributed by atoms with Gasteiger partial charge >= 0.3 is 0 Å². The molecule has 0 aliphatic heterocycles. The molecule has 2 heteroatoms. The molecule has 3 rings (SSSR count). The number of methoxy groups -OCH3 is 1. The molecule has 3 aromatic carbocycles. The molecule has 0 saturated heterocycles. The number of hydrogen-bond acceptors (Lipinski definition) is 2. The van der Waals surface area contributed by atoms with Crippen LogP contribution in [0.1, 0.15) is 18.1 Å². The third-order valence-corrected chi connectivity index (χ3v) is 4.05. The molecule has 0 fully saturated rings. The zero-order valence-corrected chi connectivity index (χ0v) is 13.6. The summed E-state index contributed by atoms with van der Waals surface area (Å²) in [6.45, 7) is 10.7. The van der Waals surface area contributed by atoms with Crippen molar-refractivity contribution in [2.24, 2.45) is 0 Å². The quantitative estimate of drug-likeness (QED) is 0.450. The molecule has 0 bridgehead atoms. The van der Waals surface area contributed by atoms with Crippen LogP contribution in [0.3, 0.4) is 0 Å². The van der Waals surface area contributed by atoms with Crippen molar-refractivity contribution in [3.63, 3.8) is 0 Å². The fourth-order valence-electron chi connectivity index (χ4n) is 2.98. The molecule has 0 radical (unpaired) electrons. The summed E-state index contributed by atoms with van der Waals surface area (Å²) in [5, 5.41) is 4.53. The Kier molecular flexibility index (Phi) is 4.07. The van der Waals surface area contributed by atoms with E-state index in [1.165, 1.54) is 0 Å². The van der Waals surface area contributed by atoms with Gasteiger partial charge in [0.05, 0.1) is 13.7 Å². The van der Waals surface area contributed by atoms with Crippen LogP contribution in [0.4, 0.5) is 0 Å². The fourth-order valence-corrected chi connectivity index (χ4v) is 2.98. The Hall–Kier alpha value is -2.74. The summed E-state index contributed by atoms with van der Waals surface area (Å²) >= 11 is 0. The fraction of sp³-hybridized carbons (Fsp3) is 0.143. The molecule has 0 aliphatic carbocycles. The molecule has 0 saturated carbocycles. The van der Waals surface area contributed by atoms with E-state index >= 15 is 0 Å². The van der Waals surface area contributed by atoms with Crippen molar-refractivity contribution in [3.05, 3.63) is 72.8 Å². The predicted octanol–water partition coefficient (Wildman–Crippen LogP) is 5.62. The standard InChI is InChI=1S/C21H20O2/c1-5-23-15(3)19-11-7-9-17-13-12-16-8-6-10-18(14(2)22-4)20(16)21(17)19/h6-13H,2-3,5H2,1,4H3. The van der Waals surface area contributed by atoms with E-state index in [0.717, 1.165) is 32.7 Å². The van der Waals surface area contributed by atoms with Gasteiger partial charge in [-0.05, 0) is 17.7 Å². The normalized spacial score (nSPS) is 10.7. The Morgan fingerprint density at radius 1 is 0.826 bits per heavy atom. The highest BCUT2D eigenvalue weighted by atomic mass is 16.5. The summed E-state index contributed by atoms with van der Waals surface area (Å²) in [6.07, 6.45) is 0. The van der Waals surface area contributed by atoms with Crippen molar-refractivity contribution in [2.75, 3.05) is 13.7 Å². The maximum atomic E-state index is 5.66. The van der Waals surface area contributed by atoms with E-state index in [-0.39, 0.29) is 0 Å². The van der Waals surface area contributed by atoms with Crippen LogP contribution in [0.15, 0.2) is 61.7 Å². The first kappa shape index (κ1) is 15.2. The van der Waals surface area contributed by atoms with Gasteiger partial charge in [-0.25, -0.2) is 0 Å². The Morgan fingerprint density at radius 2 is 1.35 bits per heavy atom. The first-order valence-corrected chi connectivity index (χ1v) is 7.67. The molecular weight excluding hydrogens is 284 g/mol. The Bertz CT molecular complexity index is 906. The average molecular weight is 304 g/mol. The van der Waals surface area contributed by atoms with Gasteiger partial charge in [0.15, 0.2) is 0 Å². The maximum absolute atomic E-state index is 5.66. The van der Waals surface area contributed by atoms with Crippen molar-refractivity contribution in [1.82, 2.24) is 0 Å². The minimum absolute atomic E-state index is 0.595. The summed E-state index contributed by atoms with van der Waals surface area (Å²) in [5.41, 5.74) is 2.00. The molecule has 0 atom stereocenters. The van der Waals surface area contributed by atoms with Crippen LogP contribution >= 0.6 is 0 Å². The van der Waals surface area contributed by atoms with E-state index in [0.29, 0.717) is 18.1 Å². The molecule has 0 amide bonds. The average Bonchev–Trinajstić information content (AvgIpc) is 2.59. The summed E-state index contributed by atoms with van der Waals surface area (Å²) in [6, 6.07) is 16.6. The number of benzene rings is 3. The van der Waals surface area contributed by atoms with E-state index in [2.05, 4.69) is 37.4 Å². The van der Waals surface area contributed by atoms with Gasteiger partial charge in [-0.1, -0.05) is 61.7 Å². The molecule has 0 spiro atoms. The van der Waals surface area contributed by atoms with Gasteiger partial charge in [0.1, 0.15) is 11.5 Å². The van der Waals surface area contributed by atoms with Crippen LogP contribution < -0.4 is 0 Å². The van der Waals surface area contributed by atoms with Crippen LogP contribution in [0.2, 0.25) is 0 Å². The Morgan fingerprint density at radius 3 is 1.83 bits per heavy atom. The van der Waals surface area contributed by atoms with Crippen LogP contribution in [-0.4, -0.2) is 13.7 Å². The molecule has 0 unspecified atom stereocenters. The van der Waals surface area contributed by atoms with Gasteiger partial charge in [0.2, 0.25) is 0 Å². The van der Waals surface area contributed by atoms with Crippen molar-refractivity contribution < 1.29 is 9.47 Å². The summed E-state index contributed by atoms with van der Waals surface area (Å²) in [5.74, 6) is 1.34. The highest BCUT2D eigenvalue weighted by Gasteiger charge is 2.13. The number of hydrogen-bond donors (Lipinski definition) is 0. The van der Waals surface area contributed by atoms with Gasteiger partial charge in [-0.15, -0.1) is 0 Å². The van der Waals surface area contributed by atoms with Crippen LogP contribution in [-0.2, 0) is 9.47 Å².